The number of aromatic nitrogens is 2. The number of carbonyl (C=O) groups excluding carboxylic acids is 1. The molecule has 0 radical (unpaired) electrons. The minimum Gasteiger partial charge on any atom is -0.478 e. The third-order valence-corrected chi connectivity index (χ3v) is 4.93. The highest BCUT2D eigenvalue weighted by Gasteiger charge is 2.36. The summed E-state index contributed by atoms with van der Waals surface area (Å²) in [6, 6.07) is 7.00. The lowest BCUT2D eigenvalue weighted by atomic mass is 10.0. The summed E-state index contributed by atoms with van der Waals surface area (Å²) in [6.07, 6.45) is 4.31. The van der Waals surface area contributed by atoms with Gasteiger partial charge in [-0.15, -0.1) is 0 Å². The number of hydrogen-bond donors (Lipinski definition) is 1. The van der Waals surface area contributed by atoms with E-state index in [0.29, 0.717) is 36.7 Å². The fraction of sp³-hybridized carbons (Fsp3) is 0.421. The van der Waals surface area contributed by atoms with Gasteiger partial charge in [-0.05, 0) is 51.0 Å². The second-order valence-electron chi connectivity index (χ2n) is 7.10. The maximum atomic E-state index is 12.9. The third-order valence-electron chi connectivity index (χ3n) is 4.68. The molecule has 1 saturated heterocycles. The van der Waals surface area contributed by atoms with E-state index < -0.39 is 11.6 Å². The van der Waals surface area contributed by atoms with Crippen LogP contribution in [0.4, 0.5) is 0 Å². The summed E-state index contributed by atoms with van der Waals surface area (Å²) in [5.74, 6) is -0.483. The number of likely N-dealkylation sites (tertiary alicyclic amines) is 1. The Morgan fingerprint density at radius 3 is 2.41 bits per heavy atom. The molecule has 1 N–H and O–H groups in total. The lowest BCUT2D eigenvalue weighted by molar-refractivity contribution is -0.146. The summed E-state index contributed by atoms with van der Waals surface area (Å²) < 4.78 is 7.56. The monoisotopic (exact) mass is 391 g/mol. The van der Waals surface area contributed by atoms with Gasteiger partial charge >= 0.3 is 5.97 Å². The number of aromatic carboxylic acids is 1. The summed E-state index contributed by atoms with van der Waals surface area (Å²) in [7, 11) is 0. The van der Waals surface area contributed by atoms with Crippen molar-refractivity contribution in [2.45, 2.75) is 38.3 Å². The predicted molar refractivity (Wildman–Crippen MR) is 100 cm³/mol. The number of carboxylic acid groups (broad SMARTS) is 1. The summed E-state index contributed by atoms with van der Waals surface area (Å²) in [5.41, 5.74) is -0.825. The van der Waals surface area contributed by atoms with Gasteiger partial charge in [0.15, 0.2) is 5.60 Å². The first kappa shape index (κ1) is 19.2. The molecule has 7 nitrogen and oxygen atoms in total. The smallest absolute Gasteiger partial charge is 0.338 e. The Labute approximate surface area is 162 Å². The van der Waals surface area contributed by atoms with Crippen LogP contribution in [-0.4, -0.2) is 50.4 Å². The van der Waals surface area contributed by atoms with Crippen molar-refractivity contribution in [1.82, 2.24) is 14.7 Å². The summed E-state index contributed by atoms with van der Waals surface area (Å²) in [6.45, 7) is 4.64. The van der Waals surface area contributed by atoms with E-state index in [-0.39, 0.29) is 17.5 Å². The Hall–Kier alpha value is -2.54. The first-order valence-electron chi connectivity index (χ1n) is 8.77. The molecule has 1 aliphatic rings. The molecule has 2 aromatic rings. The van der Waals surface area contributed by atoms with Crippen LogP contribution in [0.5, 0.6) is 5.75 Å². The van der Waals surface area contributed by atoms with Crippen molar-refractivity contribution >= 4 is 23.5 Å². The van der Waals surface area contributed by atoms with E-state index in [1.54, 1.807) is 47.7 Å². The first-order chi connectivity index (χ1) is 12.8. The van der Waals surface area contributed by atoms with Gasteiger partial charge in [-0.25, -0.2) is 4.79 Å². The van der Waals surface area contributed by atoms with Gasteiger partial charge in [0.25, 0.3) is 5.91 Å². The topological polar surface area (TPSA) is 84.7 Å². The highest BCUT2D eigenvalue weighted by molar-refractivity contribution is 6.30. The highest BCUT2D eigenvalue weighted by Crippen LogP contribution is 2.26. The molecule has 1 amide bonds. The Morgan fingerprint density at radius 1 is 1.22 bits per heavy atom. The Morgan fingerprint density at radius 2 is 1.85 bits per heavy atom. The van der Waals surface area contributed by atoms with Crippen LogP contribution in [0.15, 0.2) is 36.7 Å². The van der Waals surface area contributed by atoms with Crippen LogP contribution in [-0.2, 0) is 4.79 Å². The van der Waals surface area contributed by atoms with Crippen molar-refractivity contribution in [3.05, 3.63) is 47.2 Å². The molecule has 1 fully saturated rings. The van der Waals surface area contributed by atoms with Crippen molar-refractivity contribution in [2.24, 2.45) is 0 Å². The number of carboxylic acids is 1. The second kappa shape index (κ2) is 7.60. The van der Waals surface area contributed by atoms with E-state index in [4.69, 9.17) is 21.4 Å². The van der Waals surface area contributed by atoms with Crippen LogP contribution in [0.1, 0.15) is 43.1 Å². The van der Waals surface area contributed by atoms with Gasteiger partial charge in [0.05, 0.1) is 17.8 Å². The quantitative estimate of drug-likeness (QED) is 0.845. The van der Waals surface area contributed by atoms with Gasteiger partial charge in [0.2, 0.25) is 0 Å². The highest BCUT2D eigenvalue weighted by atomic mass is 35.5. The molecule has 1 aliphatic heterocycles. The fourth-order valence-corrected chi connectivity index (χ4v) is 3.33. The van der Waals surface area contributed by atoms with Crippen molar-refractivity contribution < 1.29 is 19.4 Å². The lowest BCUT2D eigenvalue weighted by Crippen LogP contribution is -2.51. The van der Waals surface area contributed by atoms with Gasteiger partial charge in [0, 0.05) is 24.3 Å². The molecule has 8 heteroatoms. The number of piperidine rings is 1. The fourth-order valence-electron chi connectivity index (χ4n) is 3.20. The van der Waals surface area contributed by atoms with Crippen molar-refractivity contribution in [3.8, 4) is 5.75 Å². The zero-order valence-electron chi connectivity index (χ0n) is 15.3. The lowest BCUT2D eigenvalue weighted by Gasteiger charge is -2.37. The zero-order chi connectivity index (χ0) is 19.6. The minimum atomic E-state index is -0.997. The Balaban J connectivity index is 1.59. The second-order valence-corrected chi connectivity index (χ2v) is 7.54. The van der Waals surface area contributed by atoms with Crippen molar-refractivity contribution in [3.63, 3.8) is 0 Å². The van der Waals surface area contributed by atoms with Gasteiger partial charge in [0.1, 0.15) is 5.75 Å². The van der Waals surface area contributed by atoms with E-state index in [1.807, 2.05) is 0 Å². The average molecular weight is 392 g/mol. The summed E-state index contributed by atoms with van der Waals surface area (Å²) >= 11 is 5.88. The Kier molecular flexibility index (Phi) is 5.41. The molecule has 1 aromatic heterocycles. The van der Waals surface area contributed by atoms with Crippen LogP contribution >= 0.6 is 11.6 Å². The minimum absolute atomic E-state index is 0.0809. The first-order valence-corrected chi connectivity index (χ1v) is 9.15. The normalized spacial score (nSPS) is 15.6. The number of nitrogens with zero attached hydrogens (tertiary/aromatic N) is 3. The van der Waals surface area contributed by atoms with Crippen LogP contribution in [0.25, 0.3) is 0 Å². The molecule has 3 rings (SSSR count). The van der Waals surface area contributed by atoms with Crippen molar-refractivity contribution in [1.29, 1.82) is 0 Å². The molecular weight excluding hydrogens is 370 g/mol. The van der Waals surface area contributed by atoms with Gasteiger partial charge in [-0.1, -0.05) is 11.6 Å². The van der Waals surface area contributed by atoms with Crippen LogP contribution in [0.2, 0.25) is 5.02 Å². The molecule has 2 heterocycles. The number of benzene rings is 1. The number of carbonyl (C=O) groups is 2. The largest absolute Gasteiger partial charge is 0.478 e. The van der Waals surface area contributed by atoms with E-state index in [9.17, 15) is 9.59 Å². The molecule has 144 valence electrons. The standard InChI is InChI=1S/C19H22ClN3O4/c1-19(2,27-16-5-3-14(20)4-6-16)18(26)22-9-7-15(8-10-22)23-12-13(11-21-23)17(24)25/h3-6,11-12,15H,7-10H2,1-2H3,(H,24,25). The molecular formula is C19H22ClN3O4. The molecule has 0 spiro atoms. The van der Waals surface area contributed by atoms with Crippen LogP contribution < -0.4 is 4.74 Å². The van der Waals surface area contributed by atoms with E-state index in [0.717, 1.165) is 0 Å². The van der Waals surface area contributed by atoms with Crippen LogP contribution in [0.3, 0.4) is 0 Å². The van der Waals surface area contributed by atoms with E-state index >= 15 is 0 Å². The summed E-state index contributed by atoms with van der Waals surface area (Å²) in [5, 5.41) is 13.8. The maximum absolute atomic E-state index is 12.9. The Bertz CT molecular complexity index is 824. The van der Waals surface area contributed by atoms with Gasteiger partial charge < -0.3 is 14.7 Å². The molecule has 0 unspecified atom stereocenters. The predicted octanol–water partition coefficient (Wildman–Crippen LogP) is 3.26. The molecule has 0 aliphatic carbocycles. The number of ether oxygens (including phenoxy) is 1. The van der Waals surface area contributed by atoms with E-state index in [2.05, 4.69) is 5.10 Å². The van der Waals surface area contributed by atoms with Gasteiger partial charge in [-0.2, -0.15) is 5.10 Å². The number of hydrogen-bond acceptors (Lipinski definition) is 4. The molecule has 0 saturated carbocycles. The molecule has 1 aromatic carbocycles. The zero-order valence-corrected chi connectivity index (χ0v) is 16.0. The maximum Gasteiger partial charge on any atom is 0.338 e. The molecule has 0 bridgehead atoms. The number of halogens is 1. The third kappa shape index (κ3) is 4.42. The van der Waals surface area contributed by atoms with Gasteiger partial charge in [-0.3, -0.25) is 9.48 Å². The number of amides is 1. The number of rotatable bonds is 5. The SMILES string of the molecule is CC(C)(Oc1ccc(Cl)cc1)C(=O)N1CCC(n2cc(C(=O)O)cn2)CC1. The van der Waals surface area contributed by atoms with Crippen LogP contribution in [0, 0.1) is 0 Å². The molecule has 0 atom stereocenters. The van der Waals surface area contributed by atoms with Crippen molar-refractivity contribution in [2.75, 3.05) is 13.1 Å². The van der Waals surface area contributed by atoms with E-state index in [1.165, 1.54) is 12.4 Å². The summed E-state index contributed by atoms with van der Waals surface area (Å²) in [4.78, 5) is 25.7. The average Bonchev–Trinajstić information content (AvgIpc) is 3.13. The molecule has 27 heavy (non-hydrogen) atoms.